The minimum Gasteiger partial charge on any atom is -0.360 e. The minimum absolute atomic E-state index is 0.209. The highest BCUT2D eigenvalue weighted by Crippen LogP contribution is 2.35. The number of hydrogen-bond acceptors (Lipinski definition) is 4. The predicted molar refractivity (Wildman–Crippen MR) is 114 cm³/mol. The van der Waals surface area contributed by atoms with E-state index >= 15 is 0 Å². The van der Waals surface area contributed by atoms with Crippen molar-refractivity contribution in [1.82, 2.24) is 4.90 Å². The number of nitrogens with one attached hydrogen (secondary N) is 1. The number of hydrogen-bond donors (Lipinski definition) is 1. The second-order valence-corrected chi connectivity index (χ2v) is 8.81. The normalized spacial score (nSPS) is 17.5. The second kappa shape index (κ2) is 8.57. The molecule has 1 saturated heterocycles. The molecular formula is C19H14Cl3F3N4O2. The number of para-hydroxylation sites is 1. The molecule has 0 spiro atoms. The van der Waals surface area contributed by atoms with Gasteiger partial charge in [0.25, 0.3) is 5.91 Å². The maximum absolute atomic E-state index is 13.1. The number of aliphatic imine (C=N–C) groups is 1. The topological polar surface area (TPSA) is 65.0 Å². The van der Waals surface area contributed by atoms with E-state index in [0.717, 1.165) is 23.1 Å². The largest absolute Gasteiger partial charge is 0.416 e. The van der Waals surface area contributed by atoms with Crippen molar-refractivity contribution in [2.24, 2.45) is 4.99 Å². The molecule has 1 fully saturated rings. The first-order valence-corrected chi connectivity index (χ1v) is 9.78. The molecule has 0 radical (unpaired) electrons. The highest BCUT2D eigenvalue weighted by atomic mass is 35.6. The van der Waals surface area contributed by atoms with E-state index in [1.807, 2.05) is 0 Å². The summed E-state index contributed by atoms with van der Waals surface area (Å²) in [5.41, 5.74) is -0.711. The number of rotatable bonds is 4. The predicted octanol–water partition coefficient (Wildman–Crippen LogP) is 5.31. The number of amides is 3. The van der Waals surface area contributed by atoms with E-state index in [0.29, 0.717) is 10.6 Å². The van der Waals surface area contributed by atoms with Gasteiger partial charge in [0.15, 0.2) is 6.17 Å². The first-order chi connectivity index (χ1) is 14.4. The van der Waals surface area contributed by atoms with Crippen LogP contribution in [0.2, 0.25) is 0 Å². The number of anilines is 2. The fourth-order valence-corrected chi connectivity index (χ4v) is 3.05. The molecule has 3 amide bonds. The highest BCUT2D eigenvalue weighted by molar-refractivity contribution is 6.68. The van der Waals surface area contributed by atoms with E-state index in [-0.39, 0.29) is 5.69 Å². The van der Waals surface area contributed by atoms with Gasteiger partial charge >= 0.3 is 12.2 Å². The number of carbonyl (C=O) groups is 2. The highest BCUT2D eigenvalue weighted by Gasteiger charge is 2.44. The summed E-state index contributed by atoms with van der Waals surface area (Å²) in [7, 11) is 1.17. The zero-order chi connectivity index (χ0) is 23.0. The van der Waals surface area contributed by atoms with Crippen molar-refractivity contribution in [2.75, 3.05) is 17.3 Å². The summed E-state index contributed by atoms with van der Waals surface area (Å²) in [6.07, 6.45) is -5.99. The Kier molecular flexibility index (Phi) is 6.40. The van der Waals surface area contributed by atoms with Gasteiger partial charge in [-0.15, -0.1) is 0 Å². The summed E-state index contributed by atoms with van der Waals surface area (Å²) >= 11 is 18.0. The summed E-state index contributed by atoms with van der Waals surface area (Å²) in [5, 5.41) is 2.83. The molecule has 0 aromatic heterocycles. The zero-order valence-corrected chi connectivity index (χ0v) is 18.0. The van der Waals surface area contributed by atoms with E-state index in [2.05, 4.69) is 10.3 Å². The lowest BCUT2D eigenvalue weighted by Crippen LogP contribution is -2.38. The number of urea groups is 1. The minimum atomic E-state index is -4.65. The zero-order valence-electron chi connectivity index (χ0n) is 15.7. The van der Waals surface area contributed by atoms with Crippen LogP contribution in [-0.4, -0.2) is 39.7 Å². The average Bonchev–Trinajstić information content (AvgIpc) is 2.91. The maximum Gasteiger partial charge on any atom is 0.416 e. The van der Waals surface area contributed by atoms with Crippen molar-refractivity contribution < 1.29 is 22.8 Å². The lowest BCUT2D eigenvalue weighted by atomic mass is 10.2. The third-order valence-electron chi connectivity index (χ3n) is 4.26. The number of amidine groups is 1. The van der Waals surface area contributed by atoms with Gasteiger partial charge in [-0.2, -0.15) is 13.2 Å². The Morgan fingerprint density at radius 1 is 1.00 bits per heavy atom. The van der Waals surface area contributed by atoms with Crippen molar-refractivity contribution in [3.05, 3.63) is 60.2 Å². The Morgan fingerprint density at radius 3 is 2.23 bits per heavy atom. The summed E-state index contributed by atoms with van der Waals surface area (Å²) in [6, 6.07) is 11.5. The van der Waals surface area contributed by atoms with Crippen LogP contribution in [0, 0.1) is 0 Å². The van der Waals surface area contributed by atoms with E-state index in [4.69, 9.17) is 34.8 Å². The number of benzene rings is 2. The van der Waals surface area contributed by atoms with Crippen LogP contribution in [0.3, 0.4) is 0 Å². The van der Waals surface area contributed by atoms with Crippen LogP contribution >= 0.6 is 34.8 Å². The molecule has 0 saturated carbocycles. The number of alkyl halides is 6. The molecule has 2 aromatic carbocycles. The number of likely N-dealkylation sites (N-methyl/N-ethyl adjacent to an activating group) is 1. The molecule has 1 N–H and O–H groups in total. The Bertz CT molecular complexity index is 1030. The standard InChI is InChI=1S/C19H14Cl3F3N4O2/c1-28-15(30)14(27-16(18(20,21)22)26-12-7-3-2-4-8-12)29(17(28)31)13-9-5-6-11(10-13)19(23,24)25/h2-10,16,26H,1H3/b27-14+. The van der Waals surface area contributed by atoms with Crippen LogP contribution in [0.5, 0.6) is 0 Å². The number of carbonyl (C=O) groups excluding carboxylic acids is 2. The fourth-order valence-electron chi connectivity index (χ4n) is 2.74. The van der Waals surface area contributed by atoms with Crippen molar-refractivity contribution >= 4 is 64.0 Å². The van der Waals surface area contributed by atoms with E-state index < -0.39 is 39.5 Å². The van der Waals surface area contributed by atoms with Gasteiger partial charge in [-0.05, 0) is 30.3 Å². The second-order valence-electron chi connectivity index (χ2n) is 6.44. The Labute approximate surface area is 190 Å². The lowest BCUT2D eigenvalue weighted by Gasteiger charge is -2.24. The molecule has 164 valence electrons. The molecule has 6 nitrogen and oxygen atoms in total. The van der Waals surface area contributed by atoms with Gasteiger partial charge in [0, 0.05) is 12.7 Å². The quantitative estimate of drug-likeness (QED) is 0.464. The molecule has 1 aliphatic heterocycles. The molecule has 0 bridgehead atoms. The Balaban J connectivity index is 2.08. The van der Waals surface area contributed by atoms with E-state index in [1.54, 1.807) is 30.3 Å². The van der Waals surface area contributed by atoms with Crippen LogP contribution in [0.4, 0.5) is 29.3 Å². The van der Waals surface area contributed by atoms with Gasteiger partial charge in [-0.1, -0.05) is 59.1 Å². The molecule has 12 heteroatoms. The molecule has 1 aliphatic rings. The fraction of sp³-hybridized carbons (Fsp3) is 0.211. The Morgan fingerprint density at radius 2 is 1.65 bits per heavy atom. The molecule has 1 unspecified atom stereocenters. The summed E-state index contributed by atoms with van der Waals surface area (Å²) in [6.45, 7) is 0. The monoisotopic (exact) mass is 492 g/mol. The maximum atomic E-state index is 13.1. The summed E-state index contributed by atoms with van der Waals surface area (Å²) in [5.74, 6) is -1.36. The van der Waals surface area contributed by atoms with Crippen LogP contribution < -0.4 is 10.2 Å². The first-order valence-electron chi connectivity index (χ1n) is 8.65. The van der Waals surface area contributed by atoms with E-state index in [9.17, 15) is 22.8 Å². The molecule has 0 aliphatic carbocycles. The van der Waals surface area contributed by atoms with Gasteiger partial charge in [0.1, 0.15) is 0 Å². The van der Waals surface area contributed by atoms with Gasteiger partial charge in [-0.3, -0.25) is 9.69 Å². The van der Waals surface area contributed by atoms with Crippen molar-refractivity contribution in [1.29, 1.82) is 0 Å². The first kappa shape index (κ1) is 23.2. The number of imide groups is 1. The van der Waals surface area contributed by atoms with Crippen LogP contribution in [0.25, 0.3) is 0 Å². The Hall–Kier alpha value is -2.49. The van der Waals surface area contributed by atoms with Crippen LogP contribution in [0.15, 0.2) is 59.6 Å². The number of nitrogens with zero attached hydrogens (tertiary/aromatic N) is 3. The van der Waals surface area contributed by atoms with Crippen LogP contribution in [-0.2, 0) is 11.0 Å². The molecule has 3 rings (SSSR count). The molecule has 1 heterocycles. The van der Waals surface area contributed by atoms with Crippen molar-refractivity contribution in [3.63, 3.8) is 0 Å². The summed E-state index contributed by atoms with van der Waals surface area (Å²) in [4.78, 5) is 30.8. The summed E-state index contributed by atoms with van der Waals surface area (Å²) < 4.78 is 37.4. The average molecular weight is 494 g/mol. The molecule has 2 aromatic rings. The van der Waals surface area contributed by atoms with E-state index in [1.165, 1.54) is 13.1 Å². The van der Waals surface area contributed by atoms with Crippen molar-refractivity contribution in [3.8, 4) is 0 Å². The smallest absolute Gasteiger partial charge is 0.360 e. The number of halogens is 6. The van der Waals surface area contributed by atoms with Gasteiger partial charge in [0.05, 0.1) is 11.3 Å². The lowest BCUT2D eigenvalue weighted by molar-refractivity contribution is -0.137. The SMILES string of the molecule is CN1C(=O)/C(=N\C(Nc2ccccc2)C(Cl)(Cl)Cl)N(c2cccc(C(F)(F)F)c2)C1=O. The molecule has 1 atom stereocenters. The van der Waals surface area contributed by atoms with Gasteiger partial charge in [-0.25, -0.2) is 14.7 Å². The van der Waals surface area contributed by atoms with Gasteiger partial charge < -0.3 is 5.32 Å². The van der Waals surface area contributed by atoms with Crippen LogP contribution in [0.1, 0.15) is 5.56 Å². The third-order valence-corrected chi connectivity index (χ3v) is 4.88. The third kappa shape index (κ3) is 5.06. The molecular weight excluding hydrogens is 480 g/mol. The van der Waals surface area contributed by atoms with Crippen molar-refractivity contribution in [2.45, 2.75) is 16.1 Å². The molecule has 31 heavy (non-hydrogen) atoms. The van der Waals surface area contributed by atoms with Gasteiger partial charge in [0.2, 0.25) is 9.63 Å².